The molecule has 3 N–H and O–H groups in total. The summed E-state index contributed by atoms with van der Waals surface area (Å²) in [6, 6.07) is 15.4. The van der Waals surface area contributed by atoms with Crippen molar-refractivity contribution >= 4 is 23.4 Å². The molecule has 6 nitrogen and oxygen atoms in total. The molecule has 1 saturated heterocycles. The largest absolute Gasteiger partial charge is 0.368 e. The average Bonchev–Trinajstić information content (AvgIpc) is 2.68. The van der Waals surface area contributed by atoms with Gasteiger partial charge in [-0.25, -0.2) is 0 Å². The second kappa shape index (κ2) is 8.49. The normalized spacial score (nSPS) is 15.3. The van der Waals surface area contributed by atoms with Crippen LogP contribution in [-0.4, -0.2) is 30.3 Å². The maximum atomic E-state index is 12.5. The summed E-state index contributed by atoms with van der Waals surface area (Å²) in [7, 11) is 0. The van der Waals surface area contributed by atoms with E-state index in [1.54, 1.807) is 29.2 Å². The lowest BCUT2D eigenvalue weighted by molar-refractivity contribution is -0.120. The number of anilines is 1. The van der Waals surface area contributed by atoms with Gasteiger partial charge in [-0.1, -0.05) is 30.3 Å². The summed E-state index contributed by atoms with van der Waals surface area (Å²) in [5, 5.41) is 2.69. The number of rotatable bonds is 6. The van der Waals surface area contributed by atoms with E-state index in [1.807, 2.05) is 30.3 Å². The van der Waals surface area contributed by atoms with Crippen molar-refractivity contribution < 1.29 is 14.4 Å². The minimum atomic E-state index is -0.789. The van der Waals surface area contributed by atoms with Crippen molar-refractivity contribution in [3.05, 3.63) is 65.7 Å². The molecule has 0 aromatic heterocycles. The summed E-state index contributed by atoms with van der Waals surface area (Å²) in [6.07, 6.45) is 2.80. The second-order valence-electron chi connectivity index (χ2n) is 6.67. The molecule has 0 radical (unpaired) electrons. The number of piperidine rings is 1. The van der Waals surface area contributed by atoms with Gasteiger partial charge < -0.3 is 16.0 Å². The zero-order valence-electron chi connectivity index (χ0n) is 15.1. The highest BCUT2D eigenvalue weighted by Crippen LogP contribution is 2.21. The van der Waals surface area contributed by atoms with Crippen molar-refractivity contribution in [1.82, 2.24) is 5.32 Å². The van der Waals surface area contributed by atoms with Gasteiger partial charge in [0.1, 0.15) is 6.04 Å². The molecule has 2 aromatic rings. The summed E-state index contributed by atoms with van der Waals surface area (Å²) in [5.41, 5.74) is 7.57. The molecule has 1 aliphatic rings. The summed E-state index contributed by atoms with van der Waals surface area (Å²) in [6.45, 7) is 0.700. The molecule has 1 fully saturated rings. The zero-order valence-corrected chi connectivity index (χ0v) is 15.1. The molecule has 0 saturated carbocycles. The van der Waals surface area contributed by atoms with Crippen molar-refractivity contribution in [2.45, 2.75) is 31.7 Å². The Kier molecular flexibility index (Phi) is 5.86. The van der Waals surface area contributed by atoms with Crippen LogP contribution >= 0.6 is 0 Å². The van der Waals surface area contributed by atoms with Crippen molar-refractivity contribution in [2.75, 3.05) is 11.4 Å². The number of carbonyl (C=O) groups is 3. The van der Waals surface area contributed by atoms with Crippen LogP contribution in [0.15, 0.2) is 54.6 Å². The van der Waals surface area contributed by atoms with E-state index in [-0.39, 0.29) is 11.8 Å². The van der Waals surface area contributed by atoms with E-state index in [1.165, 1.54) is 0 Å². The molecule has 3 amide bonds. The van der Waals surface area contributed by atoms with E-state index in [0.717, 1.165) is 24.1 Å². The fourth-order valence-corrected chi connectivity index (χ4v) is 3.19. The highest BCUT2D eigenvalue weighted by molar-refractivity contribution is 5.98. The Hall–Kier alpha value is -3.15. The highest BCUT2D eigenvalue weighted by Gasteiger charge is 2.21. The first-order chi connectivity index (χ1) is 13.0. The van der Waals surface area contributed by atoms with Crippen LogP contribution in [0.1, 0.15) is 35.2 Å². The smallest absolute Gasteiger partial charge is 0.251 e. The van der Waals surface area contributed by atoms with Gasteiger partial charge in [-0.05, 0) is 42.7 Å². The Labute approximate surface area is 158 Å². The number of nitrogens with one attached hydrogen (secondary N) is 1. The van der Waals surface area contributed by atoms with Gasteiger partial charge in [0.15, 0.2) is 0 Å². The molecule has 6 heteroatoms. The van der Waals surface area contributed by atoms with Crippen LogP contribution in [0.4, 0.5) is 5.69 Å². The number of primary amides is 1. The van der Waals surface area contributed by atoms with Crippen molar-refractivity contribution in [3.8, 4) is 0 Å². The molecule has 0 bridgehead atoms. The third-order valence-electron chi connectivity index (χ3n) is 4.70. The third-order valence-corrected chi connectivity index (χ3v) is 4.70. The molecular weight excluding hydrogens is 342 g/mol. The van der Waals surface area contributed by atoms with Gasteiger partial charge in [-0.2, -0.15) is 0 Å². The first-order valence-corrected chi connectivity index (χ1v) is 9.09. The molecule has 1 heterocycles. The van der Waals surface area contributed by atoms with Crippen LogP contribution in [0.25, 0.3) is 0 Å². The van der Waals surface area contributed by atoms with Crippen molar-refractivity contribution in [1.29, 1.82) is 0 Å². The second-order valence-corrected chi connectivity index (χ2v) is 6.67. The Balaban J connectivity index is 1.67. The Morgan fingerprint density at radius 2 is 1.74 bits per heavy atom. The van der Waals surface area contributed by atoms with Crippen LogP contribution in [0.3, 0.4) is 0 Å². The lowest BCUT2D eigenvalue weighted by atomic mass is 10.0. The van der Waals surface area contributed by atoms with E-state index in [0.29, 0.717) is 24.9 Å². The Bertz CT molecular complexity index is 818. The van der Waals surface area contributed by atoms with Gasteiger partial charge in [-0.3, -0.25) is 14.4 Å². The monoisotopic (exact) mass is 365 g/mol. The molecule has 0 unspecified atom stereocenters. The summed E-state index contributed by atoms with van der Waals surface area (Å²) < 4.78 is 0. The number of hydrogen-bond acceptors (Lipinski definition) is 3. The third kappa shape index (κ3) is 4.73. The molecule has 1 atom stereocenters. The zero-order chi connectivity index (χ0) is 19.2. The van der Waals surface area contributed by atoms with E-state index in [9.17, 15) is 14.4 Å². The fraction of sp³-hybridized carbons (Fsp3) is 0.286. The molecule has 0 spiro atoms. The van der Waals surface area contributed by atoms with E-state index in [2.05, 4.69) is 5.32 Å². The number of hydrogen-bond donors (Lipinski definition) is 2. The van der Waals surface area contributed by atoms with Crippen LogP contribution in [0, 0.1) is 0 Å². The predicted molar refractivity (Wildman–Crippen MR) is 103 cm³/mol. The number of nitrogens with two attached hydrogens (primary N) is 1. The minimum Gasteiger partial charge on any atom is -0.368 e. The standard InChI is InChI=1S/C21H23N3O3/c22-20(26)18(14-15-6-2-1-3-7-15)23-21(27)16-9-11-17(12-10-16)24-13-5-4-8-19(24)25/h1-3,6-7,9-12,18H,4-5,8,13-14H2,(H2,22,26)(H,23,27)/t18-/m0/s1. The molecule has 1 aliphatic heterocycles. The topological polar surface area (TPSA) is 92.5 Å². The molecule has 3 rings (SSSR count). The van der Waals surface area contributed by atoms with Gasteiger partial charge in [0, 0.05) is 30.6 Å². The first kappa shape index (κ1) is 18.6. The minimum absolute atomic E-state index is 0.107. The quantitative estimate of drug-likeness (QED) is 0.820. The van der Waals surface area contributed by atoms with Crippen LogP contribution in [0.5, 0.6) is 0 Å². The molecule has 0 aliphatic carbocycles. The van der Waals surface area contributed by atoms with Crippen molar-refractivity contribution in [3.63, 3.8) is 0 Å². The molecule has 140 valence electrons. The van der Waals surface area contributed by atoms with Crippen LogP contribution < -0.4 is 16.0 Å². The number of amides is 3. The van der Waals surface area contributed by atoms with E-state index < -0.39 is 11.9 Å². The molecule has 27 heavy (non-hydrogen) atoms. The summed E-state index contributed by atoms with van der Waals surface area (Å²) in [5.74, 6) is -0.843. The van der Waals surface area contributed by atoms with Gasteiger partial charge in [0.05, 0.1) is 0 Å². The SMILES string of the molecule is NC(=O)[C@H](Cc1ccccc1)NC(=O)c1ccc(N2CCCCC2=O)cc1. The lowest BCUT2D eigenvalue weighted by Gasteiger charge is -2.26. The fourth-order valence-electron chi connectivity index (χ4n) is 3.19. The highest BCUT2D eigenvalue weighted by atomic mass is 16.2. The maximum Gasteiger partial charge on any atom is 0.251 e. The average molecular weight is 365 g/mol. The van der Waals surface area contributed by atoms with Crippen LogP contribution in [0.2, 0.25) is 0 Å². The number of nitrogens with zero attached hydrogens (tertiary/aromatic N) is 1. The first-order valence-electron chi connectivity index (χ1n) is 9.09. The summed E-state index contributed by atoms with van der Waals surface area (Å²) >= 11 is 0. The Morgan fingerprint density at radius 1 is 1.04 bits per heavy atom. The van der Waals surface area contributed by atoms with Crippen molar-refractivity contribution in [2.24, 2.45) is 5.73 Å². The number of carbonyl (C=O) groups excluding carboxylic acids is 3. The van der Waals surface area contributed by atoms with Gasteiger partial charge >= 0.3 is 0 Å². The van der Waals surface area contributed by atoms with Gasteiger partial charge in [0.25, 0.3) is 5.91 Å². The van der Waals surface area contributed by atoms with Crippen LogP contribution in [-0.2, 0) is 16.0 Å². The molecule has 2 aromatic carbocycles. The maximum absolute atomic E-state index is 12.5. The van der Waals surface area contributed by atoms with Gasteiger partial charge in [0.2, 0.25) is 11.8 Å². The predicted octanol–water partition coefficient (Wildman–Crippen LogP) is 2.03. The molecular formula is C21H23N3O3. The lowest BCUT2D eigenvalue weighted by Crippen LogP contribution is -2.45. The van der Waals surface area contributed by atoms with E-state index >= 15 is 0 Å². The number of benzene rings is 2. The summed E-state index contributed by atoms with van der Waals surface area (Å²) in [4.78, 5) is 38.0. The van der Waals surface area contributed by atoms with Gasteiger partial charge in [-0.15, -0.1) is 0 Å². The Morgan fingerprint density at radius 3 is 2.37 bits per heavy atom. The van der Waals surface area contributed by atoms with E-state index in [4.69, 9.17) is 5.73 Å².